The first-order valence-corrected chi connectivity index (χ1v) is 9.10. The lowest BCUT2D eigenvalue weighted by Crippen LogP contribution is -2.41. The van der Waals surface area contributed by atoms with Crippen LogP contribution in [0.25, 0.3) is 11.5 Å². The minimum Gasteiger partial charge on any atom is -0.459 e. The van der Waals surface area contributed by atoms with Gasteiger partial charge in [-0.15, -0.1) is 24.0 Å². The summed E-state index contributed by atoms with van der Waals surface area (Å²) in [5, 5.41) is 9.09. The van der Waals surface area contributed by atoms with Gasteiger partial charge in [0, 0.05) is 25.2 Å². The van der Waals surface area contributed by atoms with Gasteiger partial charge in [0.1, 0.15) is 12.0 Å². The highest BCUT2D eigenvalue weighted by molar-refractivity contribution is 14.0. The number of furan rings is 1. The van der Waals surface area contributed by atoms with E-state index >= 15 is 0 Å². The Kier molecular flexibility index (Phi) is 9.22. The molecule has 9 heteroatoms. The number of aliphatic imine (C=N–C) groups is 1. The molecule has 0 radical (unpaired) electrons. The second-order valence-electron chi connectivity index (χ2n) is 5.87. The van der Waals surface area contributed by atoms with Crippen molar-refractivity contribution in [1.29, 1.82) is 0 Å². The van der Waals surface area contributed by atoms with Gasteiger partial charge < -0.3 is 24.8 Å². The molecule has 0 aliphatic carbocycles. The summed E-state index contributed by atoms with van der Waals surface area (Å²) in [7, 11) is 0. The third-order valence-electron chi connectivity index (χ3n) is 3.76. The van der Waals surface area contributed by atoms with Crippen LogP contribution in [0, 0.1) is 0 Å². The summed E-state index contributed by atoms with van der Waals surface area (Å²) in [4.78, 5) is 20.8. The summed E-state index contributed by atoms with van der Waals surface area (Å²) in [6.07, 6.45) is 3.08. The van der Waals surface area contributed by atoms with Crippen molar-refractivity contribution < 1.29 is 13.6 Å². The second-order valence-corrected chi connectivity index (χ2v) is 5.87. The van der Waals surface area contributed by atoms with Gasteiger partial charge in [-0.3, -0.25) is 4.79 Å². The largest absolute Gasteiger partial charge is 0.459 e. The van der Waals surface area contributed by atoms with Crippen molar-refractivity contribution in [3.05, 3.63) is 66.4 Å². The molecule has 2 heterocycles. The van der Waals surface area contributed by atoms with E-state index in [0.717, 1.165) is 17.8 Å². The van der Waals surface area contributed by atoms with Crippen molar-refractivity contribution >= 4 is 35.8 Å². The first kappa shape index (κ1) is 22.5. The number of nitrogens with zero attached hydrogens (tertiary/aromatic N) is 2. The van der Waals surface area contributed by atoms with Crippen LogP contribution in [0.4, 0.5) is 0 Å². The maximum Gasteiger partial charge on any atom is 0.287 e. The monoisotopic (exact) mass is 509 g/mol. The van der Waals surface area contributed by atoms with E-state index in [0.29, 0.717) is 37.2 Å². The van der Waals surface area contributed by atoms with Gasteiger partial charge in [-0.2, -0.15) is 0 Å². The highest BCUT2D eigenvalue weighted by Crippen LogP contribution is 2.18. The van der Waals surface area contributed by atoms with Crippen molar-refractivity contribution in [2.75, 3.05) is 19.6 Å². The van der Waals surface area contributed by atoms with E-state index in [1.807, 2.05) is 37.3 Å². The molecule has 3 rings (SSSR count). The number of carbonyl (C=O) groups is 1. The molecular formula is C20H24IN5O3. The Morgan fingerprint density at radius 1 is 1.03 bits per heavy atom. The summed E-state index contributed by atoms with van der Waals surface area (Å²) in [6, 6.07) is 13.0. The topological polar surface area (TPSA) is 105 Å². The number of hydrogen-bond acceptors (Lipinski definition) is 5. The van der Waals surface area contributed by atoms with E-state index in [1.165, 1.54) is 6.26 Å². The Morgan fingerprint density at radius 2 is 1.83 bits per heavy atom. The average molecular weight is 509 g/mol. The summed E-state index contributed by atoms with van der Waals surface area (Å²) in [6.45, 7) is 4.04. The van der Waals surface area contributed by atoms with Crippen molar-refractivity contribution in [3.8, 4) is 11.5 Å². The molecule has 0 aliphatic heterocycles. The van der Waals surface area contributed by atoms with Crippen molar-refractivity contribution in [2.45, 2.75) is 13.5 Å². The number of carbonyl (C=O) groups excluding carboxylic acids is 1. The van der Waals surface area contributed by atoms with Crippen molar-refractivity contribution in [1.82, 2.24) is 20.9 Å². The molecular weight excluding hydrogens is 485 g/mol. The number of benzene rings is 1. The Balaban J connectivity index is 0.00000300. The smallest absolute Gasteiger partial charge is 0.287 e. The van der Waals surface area contributed by atoms with Crippen LogP contribution in [0.15, 0.2) is 68.8 Å². The van der Waals surface area contributed by atoms with Gasteiger partial charge in [0.2, 0.25) is 5.89 Å². The summed E-state index contributed by atoms with van der Waals surface area (Å²) >= 11 is 0. The normalized spacial score (nSPS) is 10.9. The number of nitrogens with one attached hydrogen (secondary N) is 3. The number of halogens is 1. The molecule has 29 heavy (non-hydrogen) atoms. The van der Waals surface area contributed by atoms with E-state index in [-0.39, 0.29) is 29.9 Å². The van der Waals surface area contributed by atoms with Gasteiger partial charge in [0.05, 0.1) is 12.8 Å². The maximum absolute atomic E-state index is 11.8. The van der Waals surface area contributed by atoms with Gasteiger partial charge in [-0.1, -0.05) is 18.2 Å². The predicted octanol–water partition coefficient (Wildman–Crippen LogP) is 3.04. The van der Waals surface area contributed by atoms with Gasteiger partial charge >= 0.3 is 0 Å². The molecule has 0 aliphatic rings. The molecule has 0 saturated carbocycles. The quantitative estimate of drug-likeness (QED) is 0.187. The van der Waals surface area contributed by atoms with E-state index in [2.05, 4.69) is 25.9 Å². The van der Waals surface area contributed by atoms with E-state index in [1.54, 1.807) is 18.4 Å². The van der Waals surface area contributed by atoms with Crippen molar-refractivity contribution in [2.24, 2.45) is 4.99 Å². The maximum atomic E-state index is 11.8. The third-order valence-corrected chi connectivity index (χ3v) is 3.76. The Morgan fingerprint density at radius 3 is 2.55 bits per heavy atom. The van der Waals surface area contributed by atoms with Crippen LogP contribution in [0.3, 0.4) is 0 Å². The molecule has 1 aromatic carbocycles. The average Bonchev–Trinajstić information content (AvgIpc) is 3.42. The third kappa shape index (κ3) is 6.93. The number of rotatable bonds is 8. The van der Waals surface area contributed by atoms with Gasteiger partial charge in [0.15, 0.2) is 11.7 Å². The van der Waals surface area contributed by atoms with Crippen LogP contribution in [-0.4, -0.2) is 36.5 Å². The van der Waals surface area contributed by atoms with Crippen LogP contribution in [0.2, 0.25) is 0 Å². The summed E-state index contributed by atoms with van der Waals surface area (Å²) < 4.78 is 10.6. The lowest BCUT2D eigenvalue weighted by molar-refractivity contribution is 0.0926. The predicted molar refractivity (Wildman–Crippen MR) is 121 cm³/mol. The van der Waals surface area contributed by atoms with Gasteiger partial charge in [0.25, 0.3) is 5.91 Å². The van der Waals surface area contributed by atoms with E-state index in [4.69, 9.17) is 8.83 Å². The van der Waals surface area contributed by atoms with Crippen LogP contribution in [0.5, 0.6) is 0 Å². The Labute approximate surface area is 186 Å². The molecule has 3 aromatic rings. The molecule has 2 aromatic heterocycles. The minimum absolute atomic E-state index is 0. The highest BCUT2D eigenvalue weighted by atomic mass is 127. The zero-order valence-corrected chi connectivity index (χ0v) is 18.4. The number of guanidine groups is 1. The first-order valence-electron chi connectivity index (χ1n) is 9.10. The second kappa shape index (κ2) is 11.9. The first-order chi connectivity index (χ1) is 13.8. The SMILES string of the molecule is CCNC(=NCc1coc(-c2ccccc2)n1)NCCNC(=O)c1ccco1.I. The van der Waals surface area contributed by atoms with Crippen molar-refractivity contribution in [3.63, 3.8) is 0 Å². The molecule has 1 amide bonds. The van der Waals surface area contributed by atoms with Gasteiger partial charge in [-0.25, -0.2) is 9.98 Å². The van der Waals surface area contributed by atoms with Crippen LogP contribution >= 0.6 is 24.0 Å². The van der Waals surface area contributed by atoms with Crippen LogP contribution in [-0.2, 0) is 6.54 Å². The van der Waals surface area contributed by atoms with E-state index < -0.39 is 0 Å². The summed E-state index contributed by atoms with van der Waals surface area (Å²) in [5.74, 6) is 1.26. The standard InChI is InChI=1S/C20H23N5O3.HI/c1-2-21-20(23-11-10-22-18(26)17-9-6-12-27-17)24-13-16-14-28-19(25-16)15-7-4-3-5-8-15;/h3-9,12,14H,2,10-11,13H2,1H3,(H,22,26)(H2,21,23,24);1H. The minimum atomic E-state index is -0.246. The fourth-order valence-corrected chi connectivity index (χ4v) is 2.45. The molecule has 0 unspecified atom stereocenters. The lowest BCUT2D eigenvalue weighted by atomic mass is 10.2. The van der Waals surface area contributed by atoms with E-state index in [9.17, 15) is 4.79 Å². The molecule has 0 bridgehead atoms. The molecule has 0 atom stereocenters. The zero-order valence-electron chi connectivity index (χ0n) is 16.1. The lowest BCUT2D eigenvalue weighted by Gasteiger charge is -2.11. The fraction of sp³-hybridized carbons (Fsp3) is 0.250. The number of hydrogen-bond donors (Lipinski definition) is 3. The fourth-order valence-electron chi connectivity index (χ4n) is 2.45. The molecule has 0 fully saturated rings. The molecule has 3 N–H and O–H groups in total. The zero-order chi connectivity index (χ0) is 19.6. The Bertz CT molecular complexity index is 894. The number of aromatic nitrogens is 1. The molecule has 0 saturated heterocycles. The number of oxazole rings is 1. The number of amides is 1. The molecule has 154 valence electrons. The van der Waals surface area contributed by atoms with Crippen LogP contribution < -0.4 is 16.0 Å². The molecule has 0 spiro atoms. The highest BCUT2D eigenvalue weighted by Gasteiger charge is 2.08. The summed E-state index contributed by atoms with van der Waals surface area (Å²) in [5.41, 5.74) is 1.66. The van der Waals surface area contributed by atoms with Gasteiger partial charge in [-0.05, 0) is 31.2 Å². The van der Waals surface area contributed by atoms with Crippen LogP contribution in [0.1, 0.15) is 23.2 Å². The molecule has 8 nitrogen and oxygen atoms in total. The Hall–Kier alpha value is -2.82.